The van der Waals surface area contributed by atoms with Crippen molar-refractivity contribution < 1.29 is 18.4 Å². The van der Waals surface area contributed by atoms with Crippen molar-refractivity contribution in [1.82, 2.24) is 14.9 Å². The first-order chi connectivity index (χ1) is 10.9. The average Bonchev–Trinajstić information content (AvgIpc) is 3.15. The van der Waals surface area contributed by atoms with E-state index in [0.29, 0.717) is 41.9 Å². The van der Waals surface area contributed by atoms with E-state index in [0.717, 1.165) is 0 Å². The van der Waals surface area contributed by atoms with Crippen molar-refractivity contribution >= 4 is 22.8 Å². The van der Waals surface area contributed by atoms with E-state index in [4.69, 9.17) is 5.73 Å². The molecule has 120 valence electrons. The number of hydrogen-bond acceptors (Lipinski definition) is 3. The molecule has 1 saturated carbocycles. The number of hydrogen-bond donors (Lipinski definition) is 2. The Kier molecular flexibility index (Phi) is 2.76. The normalized spacial score (nSPS) is 25.9. The Bertz CT molecular complexity index is 826. The summed E-state index contributed by atoms with van der Waals surface area (Å²) < 4.78 is 25.4. The van der Waals surface area contributed by atoms with Crippen LogP contribution in [0.5, 0.6) is 0 Å². The van der Waals surface area contributed by atoms with Crippen molar-refractivity contribution in [2.75, 3.05) is 6.54 Å². The molecule has 1 aliphatic carbocycles. The van der Waals surface area contributed by atoms with Crippen LogP contribution in [0, 0.1) is 5.92 Å². The zero-order valence-electron chi connectivity index (χ0n) is 12.1. The molecule has 3 heterocycles. The maximum absolute atomic E-state index is 12.7. The second kappa shape index (κ2) is 4.50. The summed E-state index contributed by atoms with van der Waals surface area (Å²) >= 11 is 0. The maximum Gasteiger partial charge on any atom is 0.295 e. The van der Waals surface area contributed by atoms with Crippen LogP contribution in [0.2, 0.25) is 0 Å². The second-order valence-corrected chi connectivity index (χ2v) is 6.24. The SMILES string of the molecule is NC(=O)C12CC(CN1C(=O)c1ccc3nc(C(F)F)[nH]c3c1)C2. The van der Waals surface area contributed by atoms with Gasteiger partial charge in [-0.3, -0.25) is 9.59 Å². The Balaban J connectivity index is 1.69. The highest BCUT2D eigenvalue weighted by Gasteiger charge is 2.61. The number of nitrogens with two attached hydrogens (primary N) is 1. The molecule has 2 aromatic rings. The molecule has 0 radical (unpaired) electrons. The fraction of sp³-hybridized carbons (Fsp3) is 0.400. The zero-order chi connectivity index (χ0) is 16.4. The second-order valence-electron chi connectivity index (χ2n) is 6.24. The summed E-state index contributed by atoms with van der Waals surface area (Å²) in [6.07, 6.45) is -1.49. The third-order valence-corrected chi connectivity index (χ3v) is 4.87. The highest BCUT2D eigenvalue weighted by molar-refractivity contribution is 6.02. The van der Waals surface area contributed by atoms with Gasteiger partial charge in [0, 0.05) is 12.1 Å². The van der Waals surface area contributed by atoms with Crippen LogP contribution in [-0.2, 0) is 4.79 Å². The number of imidazole rings is 1. The number of aromatic amines is 1. The van der Waals surface area contributed by atoms with E-state index in [1.807, 2.05) is 0 Å². The van der Waals surface area contributed by atoms with Crippen LogP contribution in [0.3, 0.4) is 0 Å². The number of amides is 2. The fourth-order valence-corrected chi connectivity index (χ4v) is 3.71. The highest BCUT2D eigenvalue weighted by Crippen LogP contribution is 2.50. The lowest BCUT2D eigenvalue weighted by Crippen LogP contribution is -2.57. The van der Waals surface area contributed by atoms with Crippen LogP contribution in [0.4, 0.5) is 8.78 Å². The molecule has 0 unspecified atom stereocenters. The van der Waals surface area contributed by atoms with Gasteiger partial charge in [-0.25, -0.2) is 13.8 Å². The summed E-state index contributed by atoms with van der Waals surface area (Å²) in [7, 11) is 0. The molecule has 1 aromatic heterocycles. The summed E-state index contributed by atoms with van der Waals surface area (Å²) in [4.78, 5) is 32.2. The topological polar surface area (TPSA) is 92.1 Å². The molecule has 2 aliphatic heterocycles. The van der Waals surface area contributed by atoms with Gasteiger partial charge in [0.05, 0.1) is 11.0 Å². The van der Waals surface area contributed by atoms with Gasteiger partial charge in [0.25, 0.3) is 12.3 Å². The van der Waals surface area contributed by atoms with E-state index in [-0.39, 0.29) is 5.91 Å². The number of aromatic nitrogens is 2. The zero-order valence-corrected chi connectivity index (χ0v) is 12.1. The minimum Gasteiger partial charge on any atom is -0.368 e. The van der Waals surface area contributed by atoms with E-state index < -0.39 is 23.7 Å². The number of H-pyrrole nitrogens is 1. The van der Waals surface area contributed by atoms with Crippen LogP contribution < -0.4 is 5.73 Å². The molecule has 8 heteroatoms. The number of benzene rings is 1. The van der Waals surface area contributed by atoms with Crippen LogP contribution in [0.25, 0.3) is 11.0 Å². The van der Waals surface area contributed by atoms with E-state index in [9.17, 15) is 18.4 Å². The molecule has 2 saturated heterocycles. The lowest BCUT2D eigenvalue weighted by atomic mass is 9.73. The monoisotopic (exact) mass is 320 g/mol. The highest BCUT2D eigenvalue weighted by atomic mass is 19.3. The predicted octanol–water partition coefficient (Wildman–Crippen LogP) is 1.59. The molecule has 3 N–H and O–H groups in total. The third-order valence-electron chi connectivity index (χ3n) is 4.87. The minimum atomic E-state index is -2.70. The Morgan fingerprint density at radius 1 is 1.39 bits per heavy atom. The lowest BCUT2D eigenvalue weighted by molar-refractivity contribution is -0.129. The van der Waals surface area contributed by atoms with Gasteiger partial charge in [-0.1, -0.05) is 0 Å². The molecule has 0 spiro atoms. The van der Waals surface area contributed by atoms with Crippen LogP contribution in [-0.4, -0.2) is 38.8 Å². The largest absolute Gasteiger partial charge is 0.368 e. The van der Waals surface area contributed by atoms with Gasteiger partial charge in [0.1, 0.15) is 5.54 Å². The molecular formula is C15H14F2N4O2. The Morgan fingerprint density at radius 3 is 2.78 bits per heavy atom. The lowest BCUT2D eigenvalue weighted by Gasteiger charge is -2.38. The summed E-state index contributed by atoms with van der Waals surface area (Å²) in [6, 6.07) is 4.54. The molecular weight excluding hydrogens is 306 g/mol. The standard InChI is InChI=1S/C15H14F2N4O2/c16-11(17)12-19-9-2-1-8(3-10(9)20-12)13(22)21-6-7-4-15(21,5-7)14(18)23/h1-3,7,11H,4-6H2,(H2,18,23)(H,19,20). The van der Waals surface area contributed by atoms with Crippen molar-refractivity contribution in [1.29, 1.82) is 0 Å². The Hall–Kier alpha value is -2.51. The van der Waals surface area contributed by atoms with Crippen LogP contribution >= 0.6 is 0 Å². The van der Waals surface area contributed by atoms with Gasteiger partial charge in [-0.2, -0.15) is 0 Å². The number of carbonyl (C=O) groups is 2. The van der Waals surface area contributed by atoms with Crippen LogP contribution in [0.15, 0.2) is 18.2 Å². The minimum absolute atomic E-state index is 0.307. The smallest absolute Gasteiger partial charge is 0.295 e. The predicted molar refractivity (Wildman–Crippen MR) is 76.7 cm³/mol. The summed E-state index contributed by atoms with van der Waals surface area (Å²) in [6.45, 7) is 0.505. The van der Waals surface area contributed by atoms with Gasteiger partial charge in [0.15, 0.2) is 5.82 Å². The quantitative estimate of drug-likeness (QED) is 0.899. The summed E-state index contributed by atoms with van der Waals surface area (Å²) in [5, 5.41) is 0. The van der Waals surface area contributed by atoms with Crippen molar-refractivity contribution in [3.05, 3.63) is 29.6 Å². The van der Waals surface area contributed by atoms with Crippen molar-refractivity contribution in [3.8, 4) is 0 Å². The molecule has 2 amide bonds. The Labute approximate surface area is 129 Å². The van der Waals surface area contributed by atoms with Gasteiger partial charge in [-0.15, -0.1) is 0 Å². The molecule has 23 heavy (non-hydrogen) atoms. The number of halogens is 2. The van der Waals surface area contributed by atoms with Crippen molar-refractivity contribution in [2.24, 2.45) is 11.7 Å². The molecule has 2 bridgehead atoms. The van der Waals surface area contributed by atoms with E-state index >= 15 is 0 Å². The average molecular weight is 320 g/mol. The number of rotatable bonds is 3. The molecule has 0 atom stereocenters. The van der Waals surface area contributed by atoms with Gasteiger partial charge in [0.2, 0.25) is 5.91 Å². The molecule has 6 nitrogen and oxygen atoms in total. The van der Waals surface area contributed by atoms with E-state index in [1.54, 1.807) is 0 Å². The molecule has 5 rings (SSSR count). The molecule has 3 fully saturated rings. The van der Waals surface area contributed by atoms with Crippen molar-refractivity contribution in [3.63, 3.8) is 0 Å². The Morgan fingerprint density at radius 2 is 2.13 bits per heavy atom. The van der Waals surface area contributed by atoms with E-state index in [2.05, 4.69) is 9.97 Å². The van der Waals surface area contributed by atoms with Crippen LogP contribution in [0.1, 0.15) is 35.4 Å². The third kappa shape index (κ3) is 1.87. The number of nitrogens with zero attached hydrogens (tertiary/aromatic N) is 2. The molecule has 3 aliphatic rings. The number of nitrogens with one attached hydrogen (secondary N) is 1. The van der Waals surface area contributed by atoms with Gasteiger partial charge >= 0.3 is 0 Å². The molecule has 1 aromatic carbocycles. The summed E-state index contributed by atoms with van der Waals surface area (Å²) in [5.74, 6) is -0.907. The maximum atomic E-state index is 12.7. The first-order valence-corrected chi connectivity index (χ1v) is 7.30. The van der Waals surface area contributed by atoms with Gasteiger partial charge in [-0.05, 0) is 37.0 Å². The number of alkyl halides is 2. The fourth-order valence-electron chi connectivity index (χ4n) is 3.71. The first-order valence-electron chi connectivity index (χ1n) is 7.30. The van der Waals surface area contributed by atoms with Gasteiger partial charge < -0.3 is 15.6 Å². The number of primary amides is 1. The van der Waals surface area contributed by atoms with E-state index in [1.165, 1.54) is 23.1 Å². The number of carbonyl (C=O) groups excluding carboxylic acids is 2. The summed E-state index contributed by atoms with van der Waals surface area (Å²) in [5.41, 5.74) is 5.66. The first kappa shape index (κ1) is 14.1. The van der Waals surface area contributed by atoms with Crippen molar-refractivity contribution in [2.45, 2.75) is 24.8 Å². The number of fused-ring (bicyclic) bond motifs is 2.